The molecule has 0 fully saturated rings. The van der Waals surface area contributed by atoms with E-state index in [0.717, 1.165) is 19.8 Å². The first-order valence-electron chi connectivity index (χ1n) is 5.26. The summed E-state index contributed by atoms with van der Waals surface area (Å²) in [5, 5.41) is 3.44. The van der Waals surface area contributed by atoms with Crippen molar-refractivity contribution in [2.75, 3.05) is 19.8 Å². The molecule has 0 aliphatic rings. The van der Waals surface area contributed by atoms with Crippen LogP contribution in [0.3, 0.4) is 0 Å². The molecule has 1 rings (SSSR count). The van der Waals surface area contributed by atoms with Crippen LogP contribution in [0.1, 0.15) is 30.3 Å². The van der Waals surface area contributed by atoms with Gasteiger partial charge in [0.15, 0.2) is 0 Å². The summed E-state index contributed by atoms with van der Waals surface area (Å²) >= 11 is 5.34. The second-order valence-corrected chi connectivity index (χ2v) is 5.78. The molecule has 0 aliphatic heterocycles. The van der Waals surface area contributed by atoms with E-state index in [0.29, 0.717) is 6.04 Å². The molecular formula is C11H18BrNOS. The molecule has 1 aromatic rings. The molecule has 1 aromatic heterocycles. The first-order chi connectivity index (χ1) is 7.19. The van der Waals surface area contributed by atoms with Gasteiger partial charge in [0.05, 0.1) is 16.4 Å². The van der Waals surface area contributed by atoms with E-state index < -0.39 is 0 Å². The Bertz CT molecular complexity index is 281. The molecule has 0 bridgehead atoms. The van der Waals surface area contributed by atoms with Gasteiger partial charge in [-0.05, 0) is 48.0 Å². The minimum Gasteiger partial charge on any atom is -0.380 e. The SMILES string of the molecule is CCNC(COCC)c1cc(C)c(Br)s1. The van der Waals surface area contributed by atoms with Crippen LogP contribution in [0.25, 0.3) is 0 Å². The van der Waals surface area contributed by atoms with Crippen molar-refractivity contribution in [2.45, 2.75) is 26.8 Å². The van der Waals surface area contributed by atoms with Crippen LogP contribution < -0.4 is 5.32 Å². The summed E-state index contributed by atoms with van der Waals surface area (Å²) in [7, 11) is 0. The van der Waals surface area contributed by atoms with Gasteiger partial charge in [-0.1, -0.05) is 6.92 Å². The van der Waals surface area contributed by atoms with E-state index in [4.69, 9.17) is 4.74 Å². The van der Waals surface area contributed by atoms with Crippen molar-refractivity contribution in [3.63, 3.8) is 0 Å². The number of rotatable bonds is 6. The number of halogens is 1. The summed E-state index contributed by atoms with van der Waals surface area (Å²) in [6.07, 6.45) is 0. The Balaban J connectivity index is 2.69. The molecule has 1 heterocycles. The van der Waals surface area contributed by atoms with Gasteiger partial charge in [0.25, 0.3) is 0 Å². The molecule has 0 amide bonds. The van der Waals surface area contributed by atoms with Crippen LogP contribution in [0, 0.1) is 6.92 Å². The molecule has 2 nitrogen and oxygen atoms in total. The smallest absolute Gasteiger partial charge is 0.0731 e. The molecule has 86 valence electrons. The van der Waals surface area contributed by atoms with E-state index in [2.05, 4.69) is 41.2 Å². The first kappa shape index (κ1) is 13.2. The molecular weight excluding hydrogens is 274 g/mol. The normalized spacial score (nSPS) is 13.1. The highest BCUT2D eigenvalue weighted by molar-refractivity contribution is 9.11. The highest BCUT2D eigenvalue weighted by Gasteiger charge is 2.14. The Hall–Kier alpha value is 0.1000. The largest absolute Gasteiger partial charge is 0.380 e. The van der Waals surface area contributed by atoms with E-state index in [9.17, 15) is 0 Å². The van der Waals surface area contributed by atoms with Gasteiger partial charge in [-0.25, -0.2) is 0 Å². The predicted molar refractivity (Wildman–Crippen MR) is 69.7 cm³/mol. The molecule has 1 N–H and O–H groups in total. The molecule has 15 heavy (non-hydrogen) atoms. The number of aryl methyl sites for hydroxylation is 1. The fourth-order valence-electron chi connectivity index (χ4n) is 1.38. The predicted octanol–water partition coefficient (Wildman–Crippen LogP) is 3.51. The monoisotopic (exact) mass is 291 g/mol. The summed E-state index contributed by atoms with van der Waals surface area (Å²) < 4.78 is 6.70. The molecule has 1 atom stereocenters. The van der Waals surface area contributed by atoms with E-state index >= 15 is 0 Å². The fourth-order valence-corrected chi connectivity index (χ4v) is 3.01. The summed E-state index contributed by atoms with van der Waals surface area (Å²) in [5.74, 6) is 0. The zero-order valence-electron chi connectivity index (χ0n) is 9.47. The second kappa shape index (κ2) is 6.63. The lowest BCUT2D eigenvalue weighted by molar-refractivity contribution is 0.124. The third-order valence-electron chi connectivity index (χ3n) is 2.16. The first-order valence-corrected chi connectivity index (χ1v) is 6.86. The third kappa shape index (κ3) is 3.87. The van der Waals surface area contributed by atoms with Crippen LogP contribution in [-0.4, -0.2) is 19.8 Å². The van der Waals surface area contributed by atoms with Gasteiger partial charge in [0.1, 0.15) is 0 Å². The van der Waals surface area contributed by atoms with E-state index in [1.165, 1.54) is 14.2 Å². The van der Waals surface area contributed by atoms with E-state index in [1.807, 2.05) is 6.92 Å². The maximum Gasteiger partial charge on any atom is 0.0731 e. The van der Waals surface area contributed by atoms with Crippen LogP contribution >= 0.6 is 27.3 Å². The van der Waals surface area contributed by atoms with Gasteiger partial charge in [0.2, 0.25) is 0 Å². The molecule has 1 unspecified atom stereocenters. The average Bonchev–Trinajstić information content (AvgIpc) is 2.54. The lowest BCUT2D eigenvalue weighted by atomic mass is 10.2. The number of thiophene rings is 1. The fraction of sp³-hybridized carbons (Fsp3) is 0.636. The average molecular weight is 292 g/mol. The van der Waals surface area contributed by atoms with Crippen molar-refractivity contribution in [3.8, 4) is 0 Å². The van der Waals surface area contributed by atoms with Crippen molar-refractivity contribution in [1.29, 1.82) is 0 Å². The molecule has 4 heteroatoms. The highest BCUT2D eigenvalue weighted by Crippen LogP contribution is 2.31. The Labute approximate surface area is 104 Å². The molecule has 0 spiro atoms. The van der Waals surface area contributed by atoms with Gasteiger partial charge in [-0.2, -0.15) is 0 Å². The highest BCUT2D eigenvalue weighted by atomic mass is 79.9. The van der Waals surface area contributed by atoms with Crippen LogP contribution in [0.15, 0.2) is 9.85 Å². The van der Waals surface area contributed by atoms with E-state index in [1.54, 1.807) is 11.3 Å². The van der Waals surface area contributed by atoms with Crippen LogP contribution in [0.5, 0.6) is 0 Å². The topological polar surface area (TPSA) is 21.3 Å². The summed E-state index contributed by atoms with van der Waals surface area (Å²) in [5.41, 5.74) is 1.30. The summed E-state index contributed by atoms with van der Waals surface area (Å²) in [6.45, 7) is 8.75. The number of hydrogen-bond acceptors (Lipinski definition) is 3. The Morgan fingerprint density at radius 1 is 1.53 bits per heavy atom. The van der Waals surface area contributed by atoms with Crippen molar-refractivity contribution in [2.24, 2.45) is 0 Å². The molecule has 0 saturated heterocycles. The number of hydrogen-bond donors (Lipinski definition) is 1. The Kier molecular flexibility index (Phi) is 5.82. The van der Waals surface area contributed by atoms with Gasteiger partial charge in [-0.15, -0.1) is 11.3 Å². The maximum atomic E-state index is 5.48. The van der Waals surface area contributed by atoms with Gasteiger partial charge < -0.3 is 10.1 Å². The maximum absolute atomic E-state index is 5.48. The lowest BCUT2D eigenvalue weighted by Gasteiger charge is -2.15. The number of likely N-dealkylation sites (N-methyl/N-ethyl adjacent to an activating group) is 1. The van der Waals surface area contributed by atoms with Crippen LogP contribution in [0.2, 0.25) is 0 Å². The van der Waals surface area contributed by atoms with Crippen molar-refractivity contribution < 1.29 is 4.74 Å². The van der Waals surface area contributed by atoms with Crippen molar-refractivity contribution in [1.82, 2.24) is 5.32 Å². The molecule has 0 aromatic carbocycles. The van der Waals surface area contributed by atoms with Gasteiger partial charge in [-0.3, -0.25) is 0 Å². The van der Waals surface area contributed by atoms with Gasteiger partial charge >= 0.3 is 0 Å². The summed E-state index contributed by atoms with van der Waals surface area (Å²) in [4.78, 5) is 1.34. The molecule has 0 radical (unpaired) electrons. The minimum absolute atomic E-state index is 0.324. The third-order valence-corrected chi connectivity index (χ3v) is 4.41. The Morgan fingerprint density at radius 2 is 2.27 bits per heavy atom. The minimum atomic E-state index is 0.324. The lowest BCUT2D eigenvalue weighted by Crippen LogP contribution is -2.24. The second-order valence-electron chi connectivity index (χ2n) is 3.38. The number of ether oxygens (including phenoxy) is 1. The van der Waals surface area contributed by atoms with Crippen LogP contribution in [-0.2, 0) is 4.74 Å². The van der Waals surface area contributed by atoms with E-state index in [-0.39, 0.29) is 0 Å². The molecule has 0 aliphatic carbocycles. The zero-order chi connectivity index (χ0) is 11.3. The van der Waals surface area contributed by atoms with Crippen molar-refractivity contribution >= 4 is 27.3 Å². The Morgan fingerprint density at radius 3 is 2.73 bits per heavy atom. The van der Waals surface area contributed by atoms with Crippen LogP contribution in [0.4, 0.5) is 0 Å². The standard InChI is InChI=1S/C11H18BrNOS/c1-4-13-9(7-14-5-2)10-6-8(3)11(12)15-10/h6,9,13H,4-5,7H2,1-3H3. The quantitative estimate of drug-likeness (QED) is 0.866. The van der Waals surface area contributed by atoms with Crippen molar-refractivity contribution in [3.05, 3.63) is 20.3 Å². The van der Waals surface area contributed by atoms with Gasteiger partial charge in [0, 0.05) is 11.5 Å². The number of nitrogens with one attached hydrogen (secondary N) is 1. The zero-order valence-corrected chi connectivity index (χ0v) is 11.9. The molecule has 0 saturated carbocycles. The summed E-state index contributed by atoms with van der Waals surface area (Å²) in [6, 6.07) is 2.55.